The second kappa shape index (κ2) is 1.60. The van der Waals surface area contributed by atoms with E-state index in [0.29, 0.717) is 0 Å². The molecule has 2 heterocycles. The molecule has 0 fully saturated rings. The number of allylic oxidation sites excluding steroid dienone is 1. The summed E-state index contributed by atoms with van der Waals surface area (Å²) in [5.41, 5.74) is 0. The van der Waals surface area contributed by atoms with E-state index in [1.165, 1.54) is 0 Å². The normalized spacial score (nSPS) is 15.4. The Hall–Kier alpha value is -0.770. The third-order valence-corrected chi connectivity index (χ3v) is 1.53. The summed E-state index contributed by atoms with van der Waals surface area (Å²) in [6.45, 7) is 0.850. The van der Waals surface area contributed by atoms with Crippen molar-refractivity contribution in [2.45, 2.75) is 6.54 Å². The number of aromatic nitrogens is 3. The van der Waals surface area contributed by atoms with E-state index in [1.54, 1.807) is 11.0 Å². The van der Waals surface area contributed by atoms with Gasteiger partial charge in [-0.05, 0) is 4.80 Å². The minimum Gasteiger partial charge on any atom is -0.151 e. The molecule has 1 aliphatic heterocycles. The van der Waals surface area contributed by atoms with E-state index in [1.807, 2.05) is 17.1 Å². The summed E-state index contributed by atoms with van der Waals surface area (Å²) >= 11 is 4.18. The molecule has 1 aromatic rings. The maximum absolute atomic E-state index is 4.18. The number of hydrogen-bond acceptors (Lipinski definition) is 2. The maximum atomic E-state index is 4.18. The van der Waals surface area contributed by atoms with Gasteiger partial charge in [0.15, 0.2) is 6.20 Å². The highest BCUT2D eigenvalue weighted by atomic mass is 32.1. The highest BCUT2D eigenvalue weighted by molar-refractivity contribution is 7.84. The summed E-state index contributed by atoms with van der Waals surface area (Å²) in [4.78, 5) is 2.81. The number of nitrogens with zero attached hydrogens (tertiary/aromatic N) is 3. The van der Waals surface area contributed by atoms with Crippen LogP contribution in [0.4, 0.5) is 0 Å². The van der Waals surface area contributed by atoms with Gasteiger partial charge in [-0.25, -0.2) is 0 Å². The Bertz CT molecular complexity index is 263. The first kappa shape index (κ1) is 5.05. The second-order valence-electron chi connectivity index (χ2n) is 1.95. The van der Waals surface area contributed by atoms with Gasteiger partial charge in [-0.15, -0.1) is 12.6 Å². The molecular formula is C5H6N3S+. The van der Waals surface area contributed by atoms with Crippen molar-refractivity contribution in [1.29, 1.82) is 0 Å². The molecule has 9 heavy (non-hydrogen) atoms. The third kappa shape index (κ3) is 0.666. The van der Waals surface area contributed by atoms with Crippen molar-refractivity contribution in [1.82, 2.24) is 9.90 Å². The summed E-state index contributed by atoms with van der Waals surface area (Å²) in [6, 6.07) is 0. The molecule has 3 nitrogen and oxygen atoms in total. The lowest BCUT2D eigenvalue weighted by molar-refractivity contribution is -0.754. The van der Waals surface area contributed by atoms with Crippen molar-refractivity contribution < 1.29 is 4.68 Å². The molecule has 0 saturated carbocycles. The zero-order chi connectivity index (χ0) is 6.27. The molecule has 0 atom stereocenters. The lowest BCUT2D eigenvalue weighted by Gasteiger charge is -1.82. The molecular weight excluding hydrogens is 134 g/mol. The molecule has 0 radical (unpaired) electrons. The zero-order valence-electron chi connectivity index (χ0n) is 4.73. The molecule has 0 amide bonds. The lowest BCUT2D eigenvalue weighted by atomic mass is 10.6. The average molecular weight is 140 g/mol. The Morgan fingerprint density at radius 2 is 2.67 bits per heavy atom. The van der Waals surface area contributed by atoms with Crippen LogP contribution >= 0.6 is 12.6 Å². The topological polar surface area (TPSA) is 21.7 Å². The van der Waals surface area contributed by atoms with E-state index in [9.17, 15) is 0 Å². The summed E-state index contributed by atoms with van der Waals surface area (Å²) in [6.07, 6.45) is 5.57. The fraction of sp³-hybridized carbons (Fsp3) is 0.200. The molecule has 1 aromatic heterocycles. The number of fused-ring (bicyclic) bond motifs is 1. The van der Waals surface area contributed by atoms with Crippen molar-refractivity contribution in [2.75, 3.05) is 0 Å². The van der Waals surface area contributed by atoms with Crippen LogP contribution in [0.3, 0.4) is 0 Å². The minimum absolute atomic E-state index is 0.850. The first-order chi connectivity index (χ1) is 4.36. The van der Waals surface area contributed by atoms with Crippen molar-refractivity contribution in [3.05, 3.63) is 17.3 Å². The van der Waals surface area contributed by atoms with Crippen LogP contribution in [0.15, 0.2) is 17.3 Å². The van der Waals surface area contributed by atoms with Crippen LogP contribution in [0, 0.1) is 0 Å². The molecule has 0 unspecified atom stereocenters. The van der Waals surface area contributed by atoms with E-state index in [-0.39, 0.29) is 0 Å². The van der Waals surface area contributed by atoms with E-state index < -0.39 is 0 Å². The predicted molar refractivity (Wildman–Crippen MR) is 35.7 cm³/mol. The highest BCUT2D eigenvalue weighted by Gasteiger charge is 2.14. The van der Waals surface area contributed by atoms with Gasteiger partial charge in [-0.3, -0.25) is 0 Å². The van der Waals surface area contributed by atoms with Gasteiger partial charge in [0.25, 0.3) is 0 Å². The van der Waals surface area contributed by atoms with Crippen molar-refractivity contribution in [3.8, 4) is 0 Å². The summed E-state index contributed by atoms with van der Waals surface area (Å²) < 4.78 is 1.97. The van der Waals surface area contributed by atoms with Gasteiger partial charge >= 0.3 is 0 Å². The fourth-order valence-corrected chi connectivity index (χ4v) is 1.13. The Kier molecular flexibility index (Phi) is 0.900. The van der Waals surface area contributed by atoms with Crippen molar-refractivity contribution in [3.63, 3.8) is 0 Å². The molecule has 4 heteroatoms. The summed E-state index contributed by atoms with van der Waals surface area (Å²) in [5, 5.41) is 4.00. The molecule has 0 bridgehead atoms. The van der Waals surface area contributed by atoms with Crippen molar-refractivity contribution in [2.24, 2.45) is 0 Å². The van der Waals surface area contributed by atoms with Crippen LogP contribution in [0.2, 0.25) is 0 Å². The molecule has 1 aliphatic rings. The first-order valence-corrected chi connectivity index (χ1v) is 3.14. The third-order valence-electron chi connectivity index (χ3n) is 1.28. The molecule has 0 aliphatic carbocycles. The number of rotatable bonds is 0. The quantitative estimate of drug-likeness (QED) is 0.395. The van der Waals surface area contributed by atoms with Crippen molar-refractivity contribution >= 4 is 18.8 Å². The Morgan fingerprint density at radius 1 is 1.78 bits per heavy atom. The fourth-order valence-electron chi connectivity index (χ4n) is 0.882. The van der Waals surface area contributed by atoms with Gasteiger partial charge in [0.05, 0.1) is 0 Å². The summed E-state index contributed by atoms with van der Waals surface area (Å²) in [7, 11) is 0. The van der Waals surface area contributed by atoms with Crippen LogP contribution in [0.5, 0.6) is 0 Å². The molecule has 0 N–H and O–H groups in total. The van der Waals surface area contributed by atoms with Gasteiger partial charge in [0, 0.05) is 10.0 Å². The molecule has 0 aromatic carbocycles. The standard InChI is InChI=1S/C5H5N3S/c9-5-3-7-2-1-6-8(7)4-5/h1-2,4H,3H2/p+1. The first-order valence-electron chi connectivity index (χ1n) is 2.69. The van der Waals surface area contributed by atoms with Crippen LogP contribution in [0.25, 0.3) is 6.20 Å². The van der Waals surface area contributed by atoms with Gasteiger partial charge in [-0.2, -0.15) is 4.68 Å². The maximum Gasteiger partial charge on any atom is 0.206 e. The van der Waals surface area contributed by atoms with Crippen LogP contribution in [-0.4, -0.2) is 9.90 Å². The highest BCUT2D eigenvalue weighted by Crippen LogP contribution is 2.05. The van der Waals surface area contributed by atoms with Gasteiger partial charge < -0.3 is 0 Å². The Morgan fingerprint density at radius 3 is 3.44 bits per heavy atom. The zero-order valence-corrected chi connectivity index (χ0v) is 5.62. The smallest absolute Gasteiger partial charge is 0.151 e. The summed E-state index contributed by atoms with van der Waals surface area (Å²) in [5.74, 6) is 0. The number of thiol groups is 1. The predicted octanol–water partition coefficient (Wildman–Crippen LogP) is -0.0876. The van der Waals surface area contributed by atoms with Crippen LogP contribution in [-0.2, 0) is 6.54 Å². The van der Waals surface area contributed by atoms with Gasteiger partial charge in [-0.1, -0.05) is 0 Å². The minimum atomic E-state index is 0.850. The largest absolute Gasteiger partial charge is 0.206 e. The number of hydrogen-bond donors (Lipinski definition) is 1. The second-order valence-corrected chi connectivity index (χ2v) is 2.53. The average Bonchev–Trinajstić information content (AvgIpc) is 2.22. The lowest BCUT2D eigenvalue weighted by Crippen LogP contribution is -2.36. The monoisotopic (exact) mass is 140 g/mol. The van der Waals surface area contributed by atoms with E-state index >= 15 is 0 Å². The molecule has 0 spiro atoms. The van der Waals surface area contributed by atoms with E-state index in [0.717, 1.165) is 11.4 Å². The van der Waals surface area contributed by atoms with Gasteiger partial charge in [0.2, 0.25) is 6.20 Å². The van der Waals surface area contributed by atoms with E-state index in [4.69, 9.17) is 0 Å². The van der Waals surface area contributed by atoms with E-state index in [2.05, 4.69) is 17.7 Å². The van der Waals surface area contributed by atoms with Crippen LogP contribution in [0.1, 0.15) is 0 Å². The SMILES string of the molecule is SC1=Cn2ncc[n+]2C1. The Balaban J connectivity index is 2.55. The molecule has 2 rings (SSSR count). The van der Waals surface area contributed by atoms with Crippen LogP contribution < -0.4 is 4.68 Å². The molecule has 0 saturated heterocycles. The van der Waals surface area contributed by atoms with Gasteiger partial charge in [0.1, 0.15) is 12.7 Å². The molecule has 46 valence electrons. The Labute approximate surface area is 58.0 Å².